The van der Waals surface area contributed by atoms with Crippen LogP contribution in [0, 0.1) is 5.92 Å². The van der Waals surface area contributed by atoms with Gasteiger partial charge in [0.05, 0.1) is 6.61 Å². The minimum absolute atomic E-state index is 0.0289. The average Bonchev–Trinajstić information content (AvgIpc) is 2.48. The van der Waals surface area contributed by atoms with Crippen molar-refractivity contribution in [2.24, 2.45) is 5.92 Å². The summed E-state index contributed by atoms with van der Waals surface area (Å²) in [5.41, 5.74) is 2.18. The molecule has 0 aliphatic rings. The van der Waals surface area contributed by atoms with Crippen molar-refractivity contribution < 1.29 is 9.53 Å². The number of ether oxygens (including phenoxy) is 1. The number of H-pyrrole nitrogens is 1. The summed E-state index contributed by atoms with van der Waals surface area (Å²) < 4.78 is 4.95. The van der Waals surface area contributed by atoms with Crippen molar-refractivity contribution in [3.63, 3.8) is 0 Å². The van der Waals surface area contributed by atoms with Gasteiger partial charge in [-0.1, -0.05) is 13.8 Å². The van der Waals surface area contributed by atoms with Crippen molar-refractivity contribution >= 4 is 5.97 Å². The number of carbonyl (C=O) groups is 1. The molecule has 0 saturated carbocycles. The van der Waals surface area contributed by atoms with Crippen molar-refractivity contribution in [3.05, 3.63) is 52.2 Å². The van der Waals surface area contributed by atoms with Gasteiger partial charge in [0.2, 0.25) is 0 Å². The average molecular weight is 300 g/mol. The minimum Gasteiger partial charge on any atom is -0.462 e. The van der Waals surface area contributed by atoms with Gasteiger partial charge in [0.25, 0.3) is 5.56 Å². The maximum Gasteiger partial charge on any atom is 0.343 e. The van der Waals surface area contributed by atoms with Crippen molar-refractivity contribution in [3.8, 4) is 11.1 Å². The van der Waals surface area contributed by atoms with Gasteiger partial charge in [-0.05, 0) is 43.0 Å². The first-order valence-electron chi connectivity index (χ1n) is 7.36. The van der Waals surface area contributed by atoms with Gasteiger partial charge < -0.3 is 9.72 Å². The topological polar surface area (TPSA) is 72.0 Å². The Kier molecular flexibility index (Phi) is 5.09. The molecule has 22 heavy (non-hydrogen) atoms. The molecule has 5 heteroatoms. The van der Waals surface area contributed by atoms with Gasteiger partial charge in [0.1, 0.15) is 5.56 Å². The lowest BCUT2D eigenvalue weighted by atomic mass is 9.97. The van der Waals surface area contributed by atoms with E-state index < -0.39 is 11.5 Å². The van der Waals surface area contributed by atoms with E-state index in [0.717, 1.165) is 23.2 Å². The van der Waals surface area contributed by atoms with Gasteiger partial charge in [-0.3, -0.25) is 9.78 Å². The highest BCUT2D eigenvalue weighted by Gasteiger charge is 2.17. The molecule has 0 spiro atoms. The summed E-state index contributed by atoms with van der Waals surface area (Å²) in [5.74, 6) is -0.222. The maximum absolute atomic E-state index is 12.2. The third-order valence-electron chi connectivity index (χ3n) is 3.22. The second-order valence-corrected chi connectivity index (χ2v) is 5.46. The molecule has 1 N–H and O–H groups in total. The normalized spacial score (nSPS) is 10.7. The molecule has 0 amide bonds. The van der Waals surface area contributed by atoms with Crippen LogP contribution in [0.1, 0.15) is 36.8 Å². The summed E-state index contributed by atoms with van der Waals surface area (Å²) in [7, 11) is 0. The highest BCUT2D eigenvalue weighted by Crippen LogP contribution is 2.24. The molecule has 0 aliphatic heterocycles. The Morgan fingerprint density at radius 3 is 2.59 bits per heavy atom. The lowest BCUT2D eigenvalue weighted by Gasteiger charge is -2.13. The molecule has 0 saturated heterocycles. The molecule has 0 aromatic carbocycles. The second kappa shape index (κ2) is 7.02. The van der Waals surface area contributed by atoms with Crippen LogP contribution in [0.15, 0.2) is 35.4 Å². The Labute approximate surface area is 129 Å². The van der Waals surface area contributed by atoms with E-state index in [0.29, 0.717) is 5.92 Å². The molecule has 0 unspecified atom stereocenters. The number of hydrogen-bond donors (Lipinski definition) is 1. The number of nitrogens with zero attached hydrogens (tertiary/aromatic N) is 1. The molecular formula is C17H20N2O3. The summed E-state index contributed by atoms with van der Waals surface area (Å²) in [6.45, 7) is 6.10. The van der Waals surface area contributed by atoms with Crippen molar-refractivity contribution in [2.45, 2.75) is 27.2 Å². The van der Waals surface area contributed by atoms with Crippen LogP contribution in [0.5, 0.6) is 0 Å². The number of pyridine rings is 2. The summed E-state index contributed by atoms with van der Waals surface area (Å²) in [4.78, 5) is 30.9. The van der Waals surface area contributed by atoms with E-state index in [1.54, 1.807) is 25.4 Å². The monoisotopic (exact) mass is 300 g/mol. The molecule has 2 heterocycles. The Balaban J connectivity index is 2.58. The quantitative estimate of drug-likeness (QED) is 0.862. The number of rotatable bonds is 5. The summed E-state index contributed by atoms with van der Waals surface area (Å²) in [6.07, 6.45) is 4.09. The van der Waals surface area contributed by atoms with Crippen LogP contribution in [0.2, 0.25) is 0 Å². The van der Waals surface area contributed by atoms with Gasteiger partial charge >= 0.3 is 5.97 Å². The summed E-state index contributed by atoms with van der Waals surface area (Å²) >= 11 is 0. The van der Waals surface area contributed by atoms with E-state index in [2.05, 4.69) is 23.8 Å². The number of aromatic nitrogens is 2. The fourth-order valence-corrected chi connectivity index (χ4v) is 2.29. The maximum atomic E-state index is 12.2. The molecule has 0 radical (unpaired) electrons. The van der Waals surface area contributed by atoms with Gasteiger partial charge in [-0.2, -0.15) is 0 Å². The largest absolute Gasteiger partial charge is 0.462 e. The molecule has 2 aromatic rings. The van der Waals surface area contributed by atoms with Crippen LogP contribution in [-0.4, -0.2) is 22.5 Å². The molecule has 5 nitrogen and oxygen atoms in total. The van der Waals surface area contributed by atoms with Gasteiger partial charge in [-0.15, -0.1) is 0 Å². The molecule has 2 rings (SSSR count). The third kappa shape index (κ3) is 3.61. The zero-order valence-electron chi connectivity index (χ0n) is 13.1. The van der Waals surface area contributed by atoms with Crippen LogP contribution in [0.3, 0.4) is 0 Å². The molecule has 2 aromatic heterocycles. The molecule has 116 valence electrons. The first kappa shape index (κ1) is 15.9. The number of nitrogens with one attached hydrogen (secondary N) is 1. The van der Waals surface area contributed by atoms with Gasteiger partial charge in [0.15, 0.2) is 0 Å². The van der Waals surface area contributed by atoms with Crippen LogP contribution < -0.4 is 5.56 Å². The predicted octanol–water partition coefficient (Wildman–Crippen LogP) is 2.81. The van der Waals surface area contributed by atoms with E-state index in [9.17, 15) is 9.59 Å². The Morgan fingerprint density at radius 2 is 2.00 bits per heavy atom. The van der Waals surface area contributed by atoms with E-state index in [1.807, 2.05) is 12.1 Å². The molecule has 0 bridgehead atoms. The minimum atomic E-state index is -0.602. The van der Waals surface area contributed by atoms with Crippen molar-refractivity contribution in [2.75, 3.05) is 6.61 Å². The lowest BCUT2D eigenvalue weighted by molar-refractivity contribution is 0.0524. The van der Waals surface area contributed by atoms with Crippen LogP contribution in [0.4, 0.5) is 0 Å². The zero-order chi connectivity index (χ0) is 16.1. The van der Waals surface area contributed by atoms with Crippen LogP contribution >= 0.6 is 0 Å². The summed E-state index contributed by atoms with van der Waals surface area (Å²) in [6, 6.07) is 5.32. The number of esters is 1. The molecule has 0 atom stereocenters. The number of aromatic amines is 1. The first-order chi connectivity index (χ1) is 10.5. The predicted molar refractivity (Wildman–Crippen MR) is 84.8 cm³/mol. The summed E-state index contributed by atoms with van der Waals surface area (Å²) in [5, 5.41) is 0. The van der Waals surface area contributed by atoms with Crippen LogP contribution in [0.25, 0.3) is 11.1 Å². The number of carbonyl (C=O) groups excluding carboxylic acids is 1. The highest BCUT2D eigenvalue weighted by atomic mass is 16.5. The second-order valence-electron chi connectivity index (χ2n) is 5.46. The van der Waals surface area contributed by atoms with Crippen molar-refractivity contribution in [1.82, 2.24) is 9.97 Å². The Morgan fingerprint density at radius 1 is 1.32 bits per heavy atom. The zero-order valence-corrected chi connectivity index (χ0v) is 13.1. The fraction of sp³-hybridized carbons (Fsp3) is 0.353. The first-order valence-corrected chi connectivity index (χ1v) is 7.36. The van der Waals surface area contributed by atoms with Crippen LogP contribution in [-0.2, 0) is 11.2 Å². The lowest BCUT2D eigenvalue weighted by Crippen LogP contribution is -2.22. The smallest absolute Gasteiger partial charge is 0.343 e. The fourth-order valence-electron chi connectivity index (χ4n) is 2.29. The van der Waals surface area contributed by atoms with E-state index >= 15 is 0 Å². The molecular weight excluding hydrogens is 280 g/mol. The van der Waals surface area contributed by atoms with Gasteiger partial charge in [0, 0.05) is 23.7 Å². The third-order valence-corrected chi connectivity index (χ3v) is 3.22. The Bertz CT molecular complexity index is 706. The van der Waals surface area contributed by atoms with E-state index in [-0.39, 0.29) is 12.2 Å². The highest BCUT2D eigenvalue weighted by molar-refractivity contribution is 5.90. The Hall–Kier alpha value is -2.43. The van der Waals surface area contributed by atoms with Crippen molar-refractivity contribution in [1.29, 1.82) is 0 Å². The molecule has 0 fully saturated rings. The standard InChI is InChI=1S/C17H20N2O3/c1-4-22-17(21)14-10-13(12-5-7-18-8-6-12)15(9-11(2)3)19-16(14)20/h5-8,10-11H,4,9H2,1-3H3,(H,19,20). The number of hydrogen-bond acceptors (Lipinski definition) is 4. The SMILES string of the molecule is CCOC(=O)c1cc(-c2ccncc2)c(CC(C)C)[nH]c1=O. The van der Waals surface area contributed by atoms with E-state index in [1.165, 1.54) is 0 Å². The van der Waals surface area contributed by atoms with Gasteiger partial charge in [-0.25, -0.2) is 4.79 Å². The molecule has 0 aliphatic carbocycles. The van der Waals surface area contributed by atoms with E-state index in [4.69, 9.17) is 4.74 Å².